The fourth-order valence-electron chi connectivity index (χ4n) is 3.10. The largest absolute Gasteiger partial charge is 0.379 e. The summed E-state index contributed by atoms with van der Waals surface area (Å²) < 4.78 is 19.2. The minimum Gasteiger partial charge on any atom is -0.379 e. The summed E-state index contributed by atoms with van der Waals surface area (Å²) in [5, 5.41) is 6.40. The van der Waals surface area contributed by atoms with Gasteiger partial charge in [-0.2, -0.15) is 0 Å². The molecule has 2 aromatic carbocycles. The lowest BCUT2D eigenvalue weighted by molar-refractivity contribution is 0.0342. The maximum absolute atomic E-state index is 13.8. The number of morpholine rings is 1. The third kappa shape index (κ3) is 6.32. The minimum atomic E-state index is -0.207. The fraction of sp³-hybridized carbons (Fsp3) is 0.409. The second-order valence-corrected chi connectivity index (χ2v) is 6.85. The van der Waals surface area contributed by atoms with E-state index in [1.54, 1.807) is 12.1 Å². The van der Waals surface area contributed by atoms with Crippen LogP contribution in [0.2, 0.25) is 0 Å². The molecule has 28 heavy (non-hydrogen) atoms. The Morgan fingerprint density at radius 2 is 1.75 bits per heavy atom. The highest BCUT2D eigenvalue weighted by molar-refractivity contribution is 5.79. The molecule has 1 aliphatic heterocycles. The molecule has 0 bridgehead atoms. The van der Waals surface area contributed by atoms with Crippen LogP contribution in [0, 0.1) is 5.82 Å². The monoisotopic (exact) mass is 384 g/mol. The highest BCUT2D eigenvalue weighted by atomic mass is 19.1. The van der Waals surface area contributed by atoms with Crippen molar-refractivity contribution in [1.29, 1.82) is 0 Å². The molecule has 1 heterocycles. The van der Waals surface area contributed by atoms with E-state index < -0.39 is 0 Å². The molecule has 1 fully saturated rings. The molecule has 0 atom stereocenters. The summed E-state index contributed by atoms with van der Waals surface area (Å²) in [5.74, 6) is 0.477. The molecule has 2 aromatic rings. The lowest BCUT2D eigenvalue weighted by Gasteiger charge is -2.26. The summed E-state index contributed by atoms with van der Waals surface area (Å²) in [6, 6.07) is 15.4. The van der Waals surface area contributed by atoms with Gasteiger partial charge in [-0.3, -0.25) is 4.90 Å². The van der Waals surface area contributed by atoms with Crippen molar-refractivity contribution in [3.05, 3.63) is 71.0 Å². The number of nitrogens with one attached hydrogen (secondary N) is 2. The number of hydrogen-bond acceptors (Lipinski definition) is 3. The summed E-state index contributed by atoms with van der Waals surface area (Å²) in [7, 11) is 0. The van der Waals surface area contributed by atoms with Gasteiger partial charge >= 0.3 is 0 Å². The predicted molar refractivity (Wildman–Crippen MR) is 111 cm³/mol. The van der Waals surface area contributed by atoms with E-state index in [2.05, 4.69) is 44.8 Å². The van der Waals surface area contributed by atoms with Gasteiger partial charge in [0.1, 0.15) is 5.82 Å². The van der Waals surface area contributed by atoms with E-state index in [9.17, 15) is 4.39 Å². The zero-order chi connectivity index (χ0) is 19.6. The summed E-state index contributed by atoms with van der Waals surface area (Å²) in [6.07, 6.45) is 0. The second-order valence-electron chi connectivity index (χ2n) is 6.85. The van der Waals surface area contributed by atoms with Crippen molar-refractivity contribution in [2.24, 2.45) is 4.99 Å². The quantitative estimate of drug-likeness (QED) is 0.569. The number of guanidine groups is 1. The van der Waals surface area contributed by atoms with E-state index in [4.69, 9.17) is 4.74 Å². The number of rotatable bonds is 7. The molecule has 1 saturated heterocycles. The Bertz CT molecular complexity index is 757. The average molecular weight is 384 g/mol. The zero-order valence-electron chi connectivity index (χ0n) is 16.5. The van der Waals surface area contributed by atoms with Gasteiger partial charge in [0.2, 0.25) is 0 Å². The van der Waals surface area contributed by atoms with Crippen LogP contribution in [0.1, 0.15) is 23.6 Å². The number of aliphatic imine (C=N–C) groups is 1. The van der Waals surface area contributed by atoms with Crippen LogP contribution < -0.4 is 10.6 Å². The molecule has 3 rings (SSSR count). The van der Waals surface area contributed by atoms with Crippen molar-refractivity contribution in [1.82, 2.24) is 15.5 Å². The standard InChI is InChI=1S/C22H29FN4O/c1-2-24-22(26-16-20-5-3-4-6-21(20)23)25-15-18-7-9-19(10-8-18)17-27-11-13-28-14-12-27/h3-10H,2,11-17H2,1H3,(H2,24,25,26). The first-order valence-corrected chi connectivity index (χ1v) is 9.88. The summed E-state index contributed by atoms with van der Waals surface area (Å²) in [4.78, 5) is 7.03. The van der Waals surface area contributed by atoms with Crippen molar-refractivity contribution in [3.8, 4) is 0 Å². The maximum Gasteiger partial charge on any atom is 0.191 e. The van der Waals surface area contributed by atoms with Crippen molar-refractivity contribution < 1.29 is 9.13 Å². The van der Waals surface area contributed by atoms with Gasteiger partial charge in [0, 0.05) is 38.3 Å². The van der Waals surface area contributed by atoms with Crippen LogP contribution in [0.3, 0.4) is 0 Å². The molecule has 150 valence electrons. The molecule has 1 aliphatic rings. The number of benzene rings is 2. The van der Waals surface area contributed by atoms with Crippen LogP contribution in [0.15, 0.2) is 53.5 Å². The summed E-state index contributed by atoms with van der Waals surface area (Å²) in [6.45, 7) is 8.32. The number of hydrogen-bond donors (Lipinski definition) is 2. The normalized spacial score (nSPS) is 15.4. The van der Waals surface area contributed by atoms with Gasteiger partial charge in [-0.1, -0.05) is 42.5 Å². The van der Waals surface area contributed by atoms with Gasteiger partial charge in [-0.25, -0.2) is 9.38 Å². The van der Waals surface area contributed by atoms with Gasteiger partial charge in [-0.05, 0) is 24.1 Å². The van der Waals surface area contributed by atoms with Gasteiger partial charge in [0.05, 0.1) is 19.8 Å². The van der Waals surface area contributed by atoms with E-state index in [1.165, 1.54) is 11.6 Å². The fourth-order valence-corrected chi connectivity index (χ4v) is 3.10. The van der Waals surface area contributed by atoms with Crippen LogP contribution in [0.5, 0.6) is 0 Å². The van der Waals surface area contributed by atoms with Gasteiger partial charge < -0.3 is 15.4 Å². The Labute approximate surface area is 166 Å². The average Bonchev–Trinajstić information content (AvgIpc) is 2.73. The minimum absolute atomic E-state index is 0.207. The van der Waals surface area contributed by atoms with E-state index >= 15 is 0 Å². The number of halogens is 1. The van der Waals surface area contributed by atoms with Crippen molar-refractivity contribution in [2.45, 2.75) is 26.6 Å². The summed E-state index contributed by atoms with van der Waals surface area (Å²) >= 11 is 0. The first-order chi connectivity index (χ1) is 13.7. The van der Waals surface area contributed by atoms with E-state index in [0.717, 1.165) is 45.0 Å². The molecule has 0 aromatic heterocycles. The molecule has 2 N–H and O–H groups in total. The molecular formula is C22H29FN4O. The van der Waals surface area contributed by atoms with Crippen molar-refractivity contribution in [2.75, 3.05) is 32.8 Å². The molecule has 0 saturated carbocycles. The highest BCUT2D eigenvalue weighted by Crippen LogP contribution is 2.10. The van der Waals surface area contributed by atoms with E-state index in [1.807, 2.05) is 13.0 Å². The molecule has 0 aliphatic carbocycles. The van der Waals surface area contributed by atoms with Crippen LogP contribution in [-0.4, -0.2) is 43.7 Å². The zero-order valence-corrected chi connectivity index (χ0v) is 16.5. The van der Waals surface area contributed by atoms with Crippen LogP contribution in [0.4, 0.5) is 4.39 Å². The molecule has 0 amide bonds. The Morgan fingerprint density at radius 3 is 2.46 bits per heavy atom. The topological polar surface area (TPSA) is 48.9 Å². The van der Waals surface area contributed by atoms with Gasteiger partial charge in [0.25, 0.3) is 0 Å². The Morgan fingerprint density at radius 1 is 1.04 bits per heavy atom. The molecule has 5 nitrogen and oxygen atoms in total. The first kappa shape index (κ1) is 20.3. The Balaban J connectivity index is 1.54. The Kier molecular flexibility index (Phi) is 7.82. The lowest BCUT2D eigenvalue weighted by Crippen LogP contribution is -2.37. The number of ether oxygens (including phenoxy) is 1. The molecule has 0 spiro atoms. The van der Waals surface area contributed by atoms with E-state index in [0.29, 0.717) is 24.6 Å². The second kappa shape index (κ2) is 10.8. The van der Waals surface area contributed by atoms with Gasteiger partial charge in [0.15, 0.2) is 5.96 Å². The summed E-state index contributed by atoms with van der Waals surface area (Å²) in [5.41, 5.74) is 3.08. The Hall–Kier alpha value is -2.44. The first-order valence-electron chi connectivity index (χ1n) is 9.88. The highest BCUT2D eigenvalue weighted by Gasteiger charge is 2.10. The van der Waals surface area contributed by atoms with Crippen molar-refractivity contribution >= 4 is 5.96 Å². The van der Waals surface area contributed by atoms with Crippen LogP contribution >= 0.6 is 0 Å². The third-order valence-corrected chi connectivity index (χ3v) is 4.70. The molecule has 0 radical (unpaired) electrons. The SMILES string of the molecule is CCNC(=NCc1ccc(CN2CCOCC2)cc1)NCc1ccccc1F. The number of nitrogens with zero attached hydrogens (tertiary/aromatic N) is 2. The van der Waals surface area contributed by atoms with Crippen LogP contribution in [-0.2, 0) is 24.4 Å². The maximum atomic E-state index is 13.8. The predicted octanol–water partition coefficient (Wildman–Crippen LogP) is 2.91. The smallest absolute Gasteiger partial charge is 0.191 e. The van der Waals surface area contributed by atoms with Crippen LogP contribution in [0.25, 0.3) is 0 Å². The lowest BCUT2D eigenvalue weighted by atomic mass is 10.1. The molecular weight excluding hydrogens is 355 g/mol. The molecule has 6 heteroatoms. The van der Waals surface area contributed by atoms with Crippen molar-refractivity contribution in [3.63, 3.8) is 0 Å². The van der Waals surface area contributed by atoms with Gasteiger partial charge in [-0.15, -0.1) is 0 Å². The van der Waals surface area contributed by atoms with E-state index in [-0.39, 0.29) is 5.82 Å². The molecule has 0 unspecified atom stereocenters. The third-order valence-electron chi connectivity index (χ3n) is 4.70.